The molecule has 1 aliphatic heterocycles. The molecular formula is C8H12N3+. The van der Waals surface area contributed by atoms with E-state index >= 15 is 0 Å². The Morgan fingerprint density at radius 1 is 1.73 bits per heavy atom. The molecule has 0 aromatic carbocycles. The van der Waals surface area contributed by atoms with Crippen LogP contribution in [0.3, 0.4) is 0 Å². The molecule has 58 valence electrons. The summed E-state index contributed by atoms with van der Waals surface area (Å²) >= 11 is 0. The van der Waals surface area contributed by atoms with Gasteiger partial charge in [-0.1, -0.05) is 18.5 Å². The van der Waals surface area contributed by atoms with Crippen LogP contribution in [-0.4, -0.2) is 23.7 Å². The Bertz CT molecular complexity index is 255. The highest BCUT2D eigenvalue weighted by atomic mass is 15.4. The van der Waals surface area contributed by atoms with Gasteiger partial charge >= 0.3 is 0 Å². The minimum atomic E-state index is -0.111. The van der Waals surface area contributed by atoms with Crippen molar-refractivity contribution in [2.75, 3.05) is 7.05 Å². The van der Waals surface area contributed by atoms with Crippen molar-refractivity contribution in [3.8, 4) is 6.07 Å². The number of hydrogen-bond donors (Lipinski definition) is 0. The molecule has 1 aliphatic rings. The zero-order valence-corrected chi connectivity index (χ0v) is 7.07. The van der Waals surface area contributed by atoms with Gasteiger partial charge in [-0.3, -0.25) is 0 Å². The second-order valence-corrected chi connectivity index (χ2v) is 2.97. The van der Waals surface area contributed by atoms with E-state index in [1.807, 2.05) is 7.05 Å². The fourth-order valence-corrected chi connectivity index (χ4v) is 1.34. The van der Waals surface area contributed by atoms with Crippen molar-refractivity contribution in [2.24, 2.45) is 16.9 Å². The van der Waals surface area contributed by atoms with E-state index in [1.54, 1.807) is 10.9 Å². The standard InChI is InChI=1S/C8H12N3/c1-6(2)8-7(4-9)5-10-11(8)3/h5-7H,1-3H3/q+1. The summed E-state index contributed by atoms with van der Waals surface area (Å²) in [6.07, 6.45) is 1.69. The second kappa shape index (κ2) is 2.83. The van der Waals surface area contributed by atoms with Crippen molar-refractivity contribution in [3.05, 3.63) is 0 Å². The van der Waals surface area contributed by atoms with Gasteiger partial charge < -0.3 is 0 Å². The molecular weight excluding hydrogens is 138 g/mol. The monoisotopic (exact) mass is 150 g/mol. The maximum absolute atomic E-state index is 8.71. The number of nitriles is 1. The van der Waals surface area contributed by atoms with Crippen molar-refractivity contribution in [1.82, 2.24) is 0 Å². The lowest BCUT2D eigenvalue weighted by Gasteiger charge is -2.01. The van der Waals surface area contributed by atoms with Gasteiger partial charge in [-0.15, -0.1) is 0 Å². The Morgan fingerprint density at radius 2 is 2.36 bits per heavy atom. The van der Waals surface area contributed by atoms with Gasteiger partial charge in [-0.2, -0.15) is 5.26 Å². The SMILES string of the molecule is CC(C)C1=[N+](C)N=CC1C#N. The molecule has 11 heavy (non-hydrogen) atoms. The van der Waals surface area contributed by atoms with Crippen LogP contribution in [0.2, 0.25) is 0 Å². The van der Waals surface area contributed by atoms with Crippen LogP contribution in [0.4, 0.5) is 0 Å². The first kappa shape index (κ1) is 7.93. The van der Waals surface area contributed by atoms with Gasteiger partial charge in [-0.05, 0) is 5.10 Å². The van der Waals surface area contributed by atoms with Crippen LogP contribution in [0.15, 0.2) is 5.10 Å². The minimum Gasteiger partial charge on any atom is -0.197 e. The van der Waals surface area contributed by atoms with Crippen LogP contribution < -0.4 is 0 Å². The quantitative estimate of drug-likeness (QED) is 0.511. The van der Waals surface area contributed by atoms with Crippen LogP contribution in [0.5, 0.6) is 0 Å². The molecule has 0 aromatic rings. The Morgan fingerprint density at radius 3 is 2.73 bits per heavy atom. The van der Waals surface area contributed by atoms with Gasteiger partial charge in [0.15, 0.2) is 13.0 Å². The third-order valence-corrected chi connectivity index (χ3v) is 1.81. The molecule has 0 saturated heterocycles. The van der Waals surface area contributed by atoms with E-state index < -0.39 is 0 Å². The Labute approximate surface area is 66.7 Å². The fourth-order valence-electron chi connectivity index (χ4n) is 1.34. The van der Waals surface area contributed by atoms with E-state index in [9.17, 15) is 0 Å². The van der Waals surface area contributed by atoms with Crippen molar-refractivity contribution in [2.45, 2.75) is 13.8 Å². The largest absolute Gasteiger partial charge is 0.210 e. The Hall–Kier alpha value is -1.17. The van der Waals surface area contributed by atoms with Crippen LogP contribution in [0, 0.1) is 23.2 Å². The fraction of sp³-hybridized carbons (Fsp3) is 0.625. The maximum Gasteiger partial charge on any atom is 0.210 e. The predicted molar refractivity (Wildman–Crippen MR) is 43.6 cm³/mol. The number of rotatable bonds is 1. The molecule has 0 aromatic heterocycles. The molecule has 0 bridgehead atoms. The summed E-state index contributed by atoms with van der Waals surface area (Å²) in [5.74, 6) is 0.284. The lowest BCUT2D eigenvalue weighted by atomic mass is 9.97. The molecule has 0 N–H and O–H groups in total. The first-order valence-corrected chi connectivity index (χ1v) is 3.71. The zero-order valence-electron chi connectivity index (χ0n) is 7.07. The maximum atomic E-state index is 8.71. The van der Waals surface area contributed by atoms with Gasteiger partial charge in [0.1, 0.15) is 0 Å². The van der Waals surface area contributed by atoms with Gasteiger partial charge in [0.05, 0.1) is 12.3 Å². The zero-order chi connectivity index (χ0) is 8.43. The smallest absolute Gasteiger partial charge is 0.197 e. The summed E-state index contributed by atoms with van der Waals surface area (Å²) in [6, 6.07) is 2.20. The molecule has 1 rings (SSSR count). The van der Waals surface area contributed by atoms with Crippen LogP contribution in [0.25, 0.3) is 0 Å². The topological polar surface area (TPSA) is 39.2 Å². The van der Waals surface area contributed by atoms with Gasteiger partial charge in [0.25, 0.3) is 0 Å². The van der Waals surface area contributed by atoms with E-state index in [-0.39, 0.29) is 5.92 Å². The molecule has 0 radical (unpaired) electrons. The predicted octanol–water partition coefficient (Wildman–Crippen LogP) is 0.865. The van der Waals surface area contributed by atoms with Crippen molar-refractivity contribution in [3.63, 3.8) is 0 Å². The first-order chi connectivity index (χ1) is 5.16. The van der Waals surface area contributed by atoms with Crippen LogP contribution in [0.1, 0.15) is 13.8 Å². The average Bonchev–Trinajstić information content (AvgIpc) is 2.30. The Kier molecular flexibility index (Phi) is 2.04. The summed E-state index contributed by atoms with van der Waals surface area (Å²) in [6.45, 7) is 4.15. The van der Waals surface area contributed by atoms with E-state index in [1.165, 1.54) is 0 Å². The summed E-state index contributed by atoms with van der Waals surface area (Å²) in [5.41, 5.74) is 1.09. The molecule has 0 aliphatic carbocycles. The minimum absolute atomic E-state index is 0.111. The molecule has 3 nitrogen and oxygen atoms in total. The first-order valence-electron chi connectivity index (χ1n) is 3.71. The highest BCUT2D eigenvalue weighted by Gasteiger charge is 2.30. The molecule has 0 saturated carbocycles. The molecule has 1 atom stereocenters. The number of nitrogens with zero attached hydrogens (tertiary/aromatic N) is 3. The van der Waals surface area contributed by atoms with Crippen molar-refractivity contribution in [1.29, 1.82) is 5.26 Å². The van der Waals surface area contributed by atoms with Gasteiger partial charge in [0.2, 0.25) is 5.71 Å². The van der Waals surface area contributed by atoms with Crippen LogP contribution >= 0.6 is 0 Å². The van der Waals surface area contributed by atoms with E-state index in [2.05, 4.69) is 25.0 Å². The summed E-state index contributed by atoms with van der Waals surface area (Å²) in [7, 11) is 1.88. The molecule has 1 unspecified atom stereocenters. The molecule has 0 amide bonds. The van der Waals surface area contributed by atoms with E-state index in [4.69, 9.17) is 5.26 Å². The highest BCUT2D eigenvalue weighted by Crippen LogP contribution is 2.10. The molecule has 0 spiro atoms. The van der Waals surface area contributed by atoms with Crippen LogP contribution in [-0.2, 0) is 0 Å². The number of hydrogen-bond acceptors (Lipinski definition) is 2. The summed E-state index contributed by atoms with van der Waals surface area (Å²) in [5, 5.41) is 12.8. The number of hydrazone groups is 1. The lowest BCUT2D eigenvalue weighted by molar-refractivity contribution is -0.501. The van der Waals surface area contributed by atoms with Crippen molar-refractivity contribution < 1.29 is 4.68 Å². The second-order valence-electron chi connectivity index (χ2n) is 2.97. The molecule has 3 heteroatoms. The third kappa shape index (κ3) is 1.30. The van der Waals surface area contributed by atoms with E-state index in [0.29, 0.717) is 5.92 Å². The summed E-state index contributed by atoms with van der Waals surface area (Å²) < 4.78 is 1.79. The highest BCUT2D eigenvalue weighted by molar-refractivity contribution is 6.00. The Balaban J connectivity index is 2.94. The normalized spacial score (nSPS) is 23.0. The molecule has 0 fully saturated rings. The van der Waals surface area contributed by atoms with E-state index in [0.717, 1.165) is 5.71 Å². The lowest BCUT2D eigenvalue weighted by Crippen LogP contribution is -2.22. The van der Waals surface area contributed by atoms with Gasteiger partial charge in [-0.25, -0.2) is 0 Å². The average molecular weight is 150 g/mol. The molecule has 1 heterocycles. The van der Waals surface area contributed by atoms with Crippen molar-refractivity contribution >= 4 is 11.9 Å². The third-order valence-electron chi connectivity index (χ3n) is 1.81. The van der Waals surface area contributed by atoms with Gasteiger partial charge in [0, 0.05) is 5.92 Å². The summed E-state index contributed by atoms with van der Waals surface area (Å²) in [4.78, 5) is 0.